The van der Waals surface area contributed by atoms with Gasteiger partial charge in [0.05, 0.1) is 12.0 Å². The van der Waals surface area contributed by atoms with Crippen LogP contribution in [0.4, 0.5) is 0 Å². The van der Waals surface area contributed by atoms with E-state index in [1.165, 1.54) is 57.8 Å². The van der Waals surface area contributed by atoms with Crippen LogP contribution in [0.15, 0.2) is 0 Å². The van der Waals surface area contributed by atoms with Crippen molar-refractivity contribution in [3.05, 3.63) is 0 Å². The van der Waals surface area contributed by atoms with Gasteiger partial charge in [-0.2, -0.15) is 0 Å². The molecule has 3 nitrogen and oxygen atoms in total. The average Bonchev–Trinajstić information content (AvgIpc) is 3.41. The zero-order valence-corrected chi connectivity index (χ0v) is 18.0. The Kier molecular flexibility index (Phi) is 4.02. The lowest BCUT2D eigenvalue weighted by Crippen LogP contribution is -2.49. The Labute approximate surface area is 175 Å². The Bertz CT molecular complexity index is 659. The van der Waals surface area contributed by atoms with Crippen LogP contribution < -0.4 is 0 Å². The van der Waals surface area contributed by atoms with Crippen molar-refractivity contribution in [2.24, 2.45) is 71.0 Å². The smallest absolute Gasteiger partial charge is 0.311 e. The van der Waals surface area contributed by atoms with Gasteiger partial charge in [0.1, 0.15) is 0 Å². The lowest BCUT2D eigenvalue weighted by Gasteiger charge is -2.53. The molecule has 160 valence electrons. The van der Waals surface area contributed by atoms with Gasteiger partial charge in [-0.25, -0.2) is 0 Å². The van der Waals surface area contributed by atoms with E-state index in [1.54, 1.807) is 0 Å². The Balaban J connectivity index is 0.949. The van der Waals surface area contributed by atoms with E-state index in [-0.39, 0.29) is 18.7 Å². The van der Waals surface area contributed by atoms with Crippen LogP contribution in [-0.2, 0) is 14.3 Å². The number of carbonyl (C=O) groups is 1. The van der Waals surface area contributed by atoms with Crippen molar-refractivity contribution in [3.63, 3.8) is 0 Å². The first-order valence-corrected chi connectivity index (χ1v) is 12.9. The topological polar surface area (TPSA) is 35.5 Å². The highest BCUT2D eigenvalue weighted by Crippen LogP contribution is 2.67. The molecule has 8 aliphatic rings. The summed E-state index contributed by atoms with van der Waals surface area (Å²) in [6.07, 6.45) is 14.0. The van der Waals surface area contributed by atoms with E-state index < -0.39 is 0 Å². The molecule has 6 bridgehead atoms. The fourth-order valence-electron chi connectivity index (χ4n) is 10.8. The molecular formula is C26H38O3. The van der Waals surface area contributed by atoms with Gasteiger partial charge in [-0.15, -0.1) is 0 Å². The van der Waals surface area contributed by atoms with E-state index in [1.807, 2.05) is 0 Å². The van der Waals surface area contributed by atoms with Crippen molar-refractivity contribution in [2.75, 3.05) is 6.79 Å². The molecule has 0 aromatic carbocycles. The molecule has 8 unspecified atom stereocenters. The highest BCUT2D eigenvalue weighted by molar-refractivity contribution is 5.73. The minimum absolute atomic E-state index is 0.0743. The molecule has 0 saturated heterocycles. The van der Waals surface area contributed by atoms with Gasteiger partial charge in [0, 0.05) is 0 Å². The Morgan fingerprint density at radius 3 is 2.21 bits per heavy atom. The zero-order valence-electron chi connectivity index (χ0n) is 18.0. The monoisotopic (exact) mass is 398 g/mol. The van der Waals surface area contributed by atoms with Crippen LogP contribution in [0, 0.1) is 71.0 Å². The van der Waals surface area contributed by atoms with Crippen molar-refractivity contribution in [1.29, 1.82) is 0 Å². The number of carbonyl (C=O) groups excluding carboxylic acids is 1. The molecule has 8 atom stereocenters. The normalized spacial score (nSPS) is 58.6. The van der Waals surface area contributed by atoms with Gasteiger partial charge in [-0.1, -0.05) is 6.92 Å². The summed E-state index contributed by atoms with van der Waals surface area (Å²) < 4.78 is 12.0. The van der Waals surface area contributed by atoms with E-state index in [0.29, 0.717) is 12.0 Å². The Morgan fingerprint density at radius 2 is 1.45 bits per heavy atom. The molecule has 8 fully saturated rings. The molecule has 8 rings (SSSR count). The molecule has 0 aliphatic heterocycles. The first kappa shape index (κ1) is 18.0. The summed E-state index contributed by atoms with van der Waals surface area (Å²) >= 11 is 0. The minimum Gasteiger partial charge on any atom is -0.438 e. The lowest BCUT2D eigenvalue weighted by atomic mass is 9.55. The van der Waals surface area contributed by atoms with Gasteiger partial charge >= 0.3 is 5.97 Å². The molecule has 0 aromatic rings. The molecule has 29 heavy (non-hydrogen) atoms. The zero-order chi connectivity index (χ0) is 19.3. The predicted octanol–water partition coefficient (Wildman–Crippen LogP) is 5.28. The number of rotatable bonds is 4. The van der Waals surface area contributed by atoms with Crippen LogP contribution in [0.25, 0.3) is 0 Å². The standard InChI is InChI=1S/C26H38O3/c1-13-2-16-9-22-21-10-17(24(22)20(16)3-13)11-23(21)26(27)29-12-28-25-18-5-14-4-15(7-18)8-19(25)6-14/h13-25H,2-12H2,1H3. The number of fused-ring (bicyclic) bond motifs is 7. The first-order chi connectivity index (χ1) is 14.1. The Morgan fingerprint density at radius 1 is 0.724 bits per heavy atom. The van der Waals surface area contributed by atoms with Gasteiger partial charge in [0.2, 0.25) is 0 Å². The molecule has 0 heterocycles. The summed E-state index contributed by atoms with van der Waals surface area (Å²) in [6, 6.07) is 0. The largest absolute Gasteiger partial charge is 0.438 e. The van der Waals surface area contributed by atoms with Gasteiger partial charge in [-0.05, 0) is 129 Å². The molecule has 0 N–H and O–H groups in total. The van der Waals surface area contributed by atoms with Gasteiger partial charge < -0.3 is 9.47 Å². The second kappa shape index (κ2) is 6.47. The van der Waals surface area contributed by atoms with Crippen molar-refractivity contribution in [2.45, 2.75) is 77.2 Å². The first-order valence-electron chi connectivity index (χ1n) is 12.9. The molecule has 3 heteroatoms. The molecule has 0 radical (unpaired) electrons. The minimum atomic E-state index is 0.0743. The third-order valence-electron chi connectivity index (χ3n) is 11.2. The second-order valence-corrected chi connectivity index (χ2v) is 12.6. The van der Waals surface area contributed by atoms with Crippen LogP contribution in [0.1, 0.15) is 71.1 Å². The van der Waals surface area contributed by atoms with Crippen LogP contribution in [0.2, 0.25) is 0 Å². The second-order valence-electron chi connectivity index (χ2n) is 12.6. The molecule has 8 aliphatic carbocycles. The summed E-state index contributed by atoms with van der Waals surface area (Å²) in [5, 5.41) is 0. The van der Waals surface area contributed by atoms with Crippen molar-refractivity contribution in [1.82, 2.24) is 0 Å². The molecule has 0 spiro atoms. The highest BCUT2D eigenvalue weighted by atomic mass is 16.7. The van der Waals surface area contributed by atoms with Crippen molar-refractivity contribution in [3.8, 4) is 0 Å². The fraction of sp³-hybridized carbons (Fsp3) is 0.962. The summed E-state index contributed by atoms with van der Waals surface area (Å²) in [6.45, 7) is 2.67. The number of hydrogen-bond donors (Lipinski definition) is 0. The number of esters is 1. The van der Waals surface area contributed by atoms with Crippen LogP contribution in [0.3, 0.4) is 0 Å². The Hall–Kier alpha value is -0.570. The highest BCUT2D eigenvalue weighted by Gasteiger charge is 2.62. The predicted molar refractivity (Wildman–Crippen MR) is 110 cm³/mol. The van der Waals surface area contributed by atoms with Crippen molar-refractivity contribution < 1.29 is 14.3 Å². The van der Waals surface area contributed by atoms with E-state index in [2.05, 4.69) is 6.92 Å². The quantitative estimate of drug-likeness (QED) is 0.477. The summed E-state index contributed by atoms with van der Waals surface area (Å²) in [4.78, 5) is 13.0. The third-order valence-corrected chi connectivity index (χ3v) is 11.2. The van der Waals surface area contributed by atoms with Crippen LogP contribution in [-0.4, -0.2) is 18.9 Å². The maximum atomic E-state index is 13.0. The van der Waals surface area contributed by atoms with E-state index in [4.69, 9.17) is 9.47 Å². The summed E-state index contributed by atoms with van der Waals surface area (Å²) in [5.41, 5.74) is 0. The van der Waals surface area contributed by atoms with Crippen LogP contribution >= 0.6 is 0 Å². The van der Waals surface area contributed by atoms with Gasteiger partial charge in [0.25, 0.3) is 0 Å². The van der Waals surface area contributed by atoms with E-state index >= 15 is 0 Å². The molecular weight excluding hydrogens is 360 g/mol. The maximum absolute atomic E-state index is 13.0. The van der Waals surface area contributed by atoms with Gasteiger partial charge in [-0.3, -0.25) is 4.79 Å². The van der Waals surface area contributed by atoms with E-state index in [0.717, 1.165) is 65.6 Å². The fourth-order valence-corrected chi connectivity index (χ4v) is 10.8. The lowest BCUT2D eigenvalue weighted by molar-refractivity contribution is -0.191. The molecule has 8 saturated carbocycles. The third kappa shape index (κ3) is 2.68. The maximum Gasteiger partial charge on any atom is 0.311 e. The molecule has 0 aromatic heterocycles. The number of hydrogen-bond acceptors (Lipinski definition) is 3. The van der Waals surface area contributed by atoms with Gasteiger partial charge in [0.15, 0.2) is 6.79 Å². The van der Waals surface area contributed by atoms with E-state index in [9.17, 15) is 4.79 Å². The average molecular weight is 399 g/mol. The SMILES string of the molecule is CC1CC2CC3C4CC(CC4C(=O)OCOC4C5CC6CC(C5)CC4C6)C3C2C1. The summed E-state index contributed by atoms with van der Waals surface area (Å²) in [5.74, 6) is 9.80. The van der Waals surface area contributed by atoms with Crippen LogP contribution in [0.5, 0.6) is 0 Å². The van der Waals surface area contributed by atoms with Crippen molar-refractivity contribution >= 4 is 5.97 Å². The number of ether oxygens (including phenoxy) is 2. The molecule has 0 amide bonds. The summed E-state index contributed by atoms with van der Waals surface area (Å²) in [7, 11) is 0.